The summed E-state index contributed by atoms with van der Waals surface area (Å²) in [5.74, 6) is -0.912. The first-order valence-electron chi connectivity index (χ1n) is 8.65. The van der Waals surface area contributed by atoms with Crippen molar-refractivity contribution in [2.45, 2.75) is 13.3 Å². The van der Waals surface area contributed by atoms with Crippen LogP contribution in [0.4, 0.5) is 0 Å². The topological polar surface area (TPSA) is 90.0 Å². The Morgan fingerprint density at radius 2 is 1.72 bits per heavy atom. The molecule has 1 heterocycles. The molecule has 0 radical (unpaired) electrons. The zero-order chi connectivity index (χ0) is 21.1. The summed E-state index contributed by atoms with van der Waals surface area (Å²) in [6.45, 7) is 1.92. The van der Waals surface area contributed by atoms with Gasteiger partial charge in [0.2, 0.25) is 5.91 Å². The number of primary amides is 1. The SMILES string of the molecule is Cc1c(C(=O)NCCC(N)=O)nn(-c2ccc(Cl)cc2Cl)c1-c1ccc(Cl)cc1. The van der Waals surface area contributed by atoms with Crippen molar-refractivity contribution in [1.29, 1.82) is 0 Å². The highest BCUT2D eigenvalue weighted by Crippen LogP contribution is 2.33. The van der Waals surface area contributed by atoms with Gasteiger partial charge in [-0.2, -0.15) is 5.10 Å². The smallest absolute Gasteiger partial charge is 0.272 e. The molecule has 0 spiro atoms. The Kier molecular flexibility index (Phi) is 6.47. The molecule has 0 aliphatic heterocycles. The van der Waals surface area contributed by atoms with Gasteiger partial charge >= 0.3 is 0 Å². The summed E-state index contributed by atoms with van der Waals surface area (Å²) in [5.41, 5.74) is 8.05. The number of aromatic nitrogens is 2. The lowest BCUT2D eigenvalue weighted by molar-refractivity contribution is -0.117. The second-order valence-electron chi connectivity index (χ2n) is 6.31. The standard InChI is InChI=1S/C20H17Cl3N4O2/c1-11-18(20(29)25-9-8-17(24)28)26-27(16-7-6-14(22)10-15(16)23)19(11)12-2-4-13(21)5-3-12/h2-7,10H,8-9H2,1H3,(H2,24,28)(H,25,29). The van der Waals surface area contributed by atoms with Crippen LogP contribution >= 0.6 is 34.8 Å². The number of amides is 2. The zero-order valence-electron chi connectivity index (χ0n) is 15.4. The molecule has 0 saturated carbocycles. The number of rotatable bonds is 6. The Balaban J connectivity index is 2.11. The van der Waals surface area contributed by atoms with Crippen molar-refractivity contribution in [3.63, 3.8) is 0 Å². The van der Waals surface area contributed by atoms with Gasteiger partial charge in [-0.05, 0) is 37.3 Å². The molecule has 0 aliphatic rings. The second-order valence-corrected chi connectivity index (χ2v) is 7.59. The van der Waals surface area contributed by atoms with Crippen molar-refractivity contribution in [2.75, 3.05) is 6.54 Å². The van der Waals surface area contributed by atoms with E-state index in [2.05, 4.69) is 10.4 Å². The fraction of sp³-hybridized carbons (Fsp3) is 0.150. The van der Waals surface area contributed by atoms with Gasteiger partial charge < -0.3 is 11.1 Å². The monoisotopic (exact) mass is 450 g/mol. The number of carbonyl (C=O) groups is 2. The molecule has 3 rings (SSSR count). The fourth-order valence-electron chi connectivity index (χ4n) is 2.87. The van der Waals surface area contributed by atoms with Crippen molar-refractivity contribution < 1.29 is 9.59 Å². The molecular formula is C20H17Cl3N4O2. The second kappa shape index (κ2) is 8.86. The van der Waals surface area contributed by atoms with Crippen LogP contribution in [0.1, 0.15) is 22.5 Å². The van der Waals surface area contributed by atoms with E-state index >= 15 is 0 Å². The van der Waals surface area contributed by atoms with E-state index < -0.39 is 11.8 Å². The Bertz CT molecular complexity index is 1080. The molecule has 3 aromatic rings. The van der Waals surface area contributed by atoms with E-state index in [-0.39, 0.29) is 18.7 Å². The highest BCUT2D eigenvalue weighted by atomic mass is 35.5. The largest absolute Gasteiger partial charge is 0.370 e. The number of hydrogen-bond acceptors (Lipinski definition) is 3. The predicted octanol–water partition coefficient (Wildman–Crippen LogP) is 4.41. The average Bonchev–Trinajstić information content (AvgIpc) is 2.99. The van der Waals surface area contributed by atoms with Crippen molar-refractivity contribution in [2.24, 2.45) is 5.73 Å². The zero-order valence-corrected chi connectivity index (χ0v) is 17.6. The lowest BCUT2D eigenvalue weighted by Crippen LogP contribution is -2.28. The van der Waals surface area contributed by atoms with Crippen molar-refractivity contribution in [3.05, 3.63) is 68.8 Å². The minimum absolute atomic E-state index is 0.0402. The molecule has 6 nitrogen and oxygen atoms in total. The third kappa shape index (κ3) is 4.72. The molecule has 0 unspecified atom stereocenters. The minimum atomic E-state index is -0.498. The molecule has 2 aromatic carbocycles. The number of benzene rings is 2. The molecule has 0 bridgehead atoms. The summed E-state index contributed by atoms with van der Waals surface area (Å²) in [7, 11) is 0. The molecule has 29 heavy (non-hydrogen) atoms. The van der Waals surface area contributed by atoms with Crippen LogP contribution in [0.2, 0.25) is 15.1 Å². The van der Waals surface area contributed by atoms with Gasteiger partial charge in [0.25, 0.3) is 5.91 Å². The maximum atomic E-state index is 12.7. The van der Waals surface area contributed by atoms with Gasteiger partial charge in [0, 0.05) is 34.1 Å². The van der Waals surface area contributed by atoms with Gasteiger partial charge in [-0.1, -0.05) is 46.9 Å². The first kappa shape index (κ1) is 21.2. The summed E-state index contributed by atoms with van der Waals surface area (Å²) >= 11 is 18.4. The Morgan fingerprint density at radius 1 is 1.07 bits per heavy atom. The van der Waals surface area contributed by atoms with E-state index in [1.54, 1.807) is 41.9 Å². The van der Waals surface area contributed by atoms with E-state index in [0.29, 0.717) is 32.0 Å². The molecule has 9 heteroatoms. The molecular weight excluding hydrogens is 435 g/mol. The quantitative estimate of drug-likeness (QED) is 0.581. The fourth-order valence-corrected chi connectivity index (χ4v) is 3.48. The highest BCUT2D eigenvalue weighted by molar-refractivity contribution is 6.35. The summed E-state index contributed by atoms with van der Waals surface area (Å²) in [4.78, 5) is 23.6. The highest BCUT2D eigenvalue weighted by Gasteiger charge is 2.23. The van der Waals surface area contributed by atoms with Gasteiger partial charge in [0.15, 0.2) is 5.69 Å². The summed E-state index contributed by atoms with van der Waals surface area (Å²) < 4.78 is 1.60. The Morgan fingerprint density at radius 3 is 2.34 bits per heavy atom. The molecule has 2 amide bonds. The summed E-state index contributed by atoms with van der Waals surface area (Å²) in [5, 5.41) is 8.61. The van der Waals surface area contributed by atoms with Gasteiger partial charge in [-0.15, -0.1) is 0 Å². The minimum Gasteiger partial charge on any atom is -0.370 e. The van der Waals surface area contributed by atoms with Gasteiger partial charge in [0.05, 0.1) is 16.4 Å². The van der Waals surface area contributed by atoms with Gasteiger partial charge in [-0.25, -0.2) is 4.68 Å². The van der Waals surface area contributed by atoms with E-state index in [0.717, 1.165) is 5.56 Å². The number of nitrogens with two attached hydrogens (primary N) is 1. The van der Waals surface area contributed by atoms with Crippen LogP contribution in [0.15, 0.2) is 42.5 Å². The Hall–Kier alpha value is -2.54. The van der Waals surface area contributed by atoms with Crippen LogP contribution in [0.5, 0.6) is 0 Å². The number of nitrogens with one attached hydrogen (secondary N) is 1. The third-order valence-electron chi connectivity index (χ3n) is 4.25. The predicted molar refractivity (Wildman–Crippen MR) is 115 cm³/mol. The first-order chi connectivity index (χ1) is 13.8. The summed E-state index contributed by atoms with van der Waals surface area (Å²) in [6, 6.07) is 12.2. The van der Waals surface area contributed by atoms with Crippen LogP contribution in [-0.4, -0.2) is 28.1 Å². The van der Waals surface area contributed by atoms with Gasteiger partial charge in [0.1, 0.15) is 0 Å². The van der Waals surface area contributed by atoms with E-state index in [1.807, 2.05) is 12.1 Å². The molecule has 0 aliphatic carbocycles. The lowest BCUT2D eigenvalue weighted by atomic mass is 10.1. The molecule has 0 fully saturated rings. The van der Waals surface area contributed by atoms with Crippen LogP contribution < -0.4 is 11.1 Å². The molecule has 0 saturated heterocycles. The van der Waals surface area contributed by atoms with Crippen LogP contribution in [0, 0.1) is 6.92 Å². The van der Waals surface area contributed by atoms with Crippen molar-refractivity contribution in [3.8, 4) is 16.9 Å². The Labute approximate surface area is 182 Å². The van der Waals surface area contributed by atoms with Crippen molar-refractivity contribution in [1.82, 2.24) is 15.1 Å². The number of hydrogen-bond donors (Lipinski definition) is 2. The molecule has 0 atom stereocenters. The van der Waals surface area contributed by atoms with E-state index in [9.17, 15) is 9.59 Å². The van der Waals surface area contributed by atoms with E-state index in [1.165, 1.54) is 0 Å². The van der Waals surface area contributed by atoms with Crippen LogP contribution in [0.25, 0.3) is 16.9 Å². The first-order valence-corrected chi connectivity index (χ1v) is 9.79. The number of nitrogens with zero attached hydrogens (tertiary/aromatic N) is 2. The summed E-state index contributed by atoms with van der Waals surface area (Å²) in [6.07, 6.45) is 0.0402. The van der Waals surface area contributed by atoms with E-state index in [4.69, 9.17) is 40.5 Å². The maximum absolute atomic E-state index is 12.7. The normalized spacial score (nSPS) is 10.8. The molecule has 3 N–H and O–H groups in total. The van der Waals surface area contributed by atoms with Crippen LogP contribution in [0.3, 0.4) is 0 Å². The van der Waals surface area contributed by atoms with Crippen LogP contribution in [-0.2, 0) is 4.79 Å². The maximum Gasteiger partial charge on any atom is 0.272 e. The average molecular weight is 452 g/mol. The lowest BCUT2D eigenvalue weighted by Gasteiger charge is -2.11. The van der Waals surface area contributed by atoms with Crippen molar-refractivity contribution >= 4 is 46.6 Å². The molecule has 1 aromatic heterocycles. The molecule has 150 valence electrons. The number of carbonyl (C=O) groups excluding carboxylic acids is 2. The third-order valence-corrected chi connectivity index (χ3v) is 5.04. The van der Waals surface area contributed by atoms with Gasteiger partial charge in [-0.3, -0.25) is 9.59 Å². The number of halogens is 3.